The Morgan fingerprint density at radius 3 is 2.14 bits per heavy atom. The molecule has 4 rings (SSSR count). The molecule has 0 N–H and O–H groups in total. The zero-order chi connectivity index (χ0) is 20.1. The molecule has 2 heterocycles. The summed E-state index contributed by atoms with van der Waals surface area (Å²) < 4.78 is 4.47. The van der Waals surface area contributed by atoms with Crippen LogP contribution in [0.2, 0.25) is 0 Å². The largest absolute Gasteiger partial charge is 0.321 e. The van der Waals surface area contributed by atoms with E-state index in [-0.39, 0.29) is 0 Å². The molecule has 144 valence electrons. The summed E-state index contributed by atoms with van der Waals surface area (Å²) in [4.78, 5) is 6.41. The minimum absolute atomic E-state index is 0.490. The first-order valence-electron chi connectivity index (χ1n) is 9.34. The van der Waals surface area contributed by atoms with Gasteiger partial charge in [0.05, 0.1) is 0 Å². The molecule has 0 aliphatic rings. The van der Waals surface area contributed by atoms with Crippen LogP contribution in [0.25, 0.3) is 11.4 Å². The Kier molecular flexibility index (Phi) is 5.63. The number of para-hydroxylation sites is 2. The van der Waals surface area contributed by atoms with Gasteiger partial charge < -0.3 is 4.90 Å². The number of rotatable bonds is 7. The molecule has 4 aromatic rings. The smallest absolute Gasteiger partial charge is 0.200 e. The number of benzene rings is 2. The minimum Gasteiger partial charge on any atom is -0.321 e. The van der Waals surface area contributed by atoms with E-state index in [0.717, 1.165) is 22.8 Å². The van der Waals surface area contributed by atoms with E-state index in [0.29, 0.717) is 18.0 Å². The van der Waals surface area contributed by atoms with Crippen LogP contribution < -0.4 is 4.90 Å². The van der Waals surface area contributed by atoms with Crippen molar-refractivity contribution in [2.45, 2.75) is 13.2 Å². The molecule has 0 aliphatic carbocycles. The molecule has 0 aliphatic heterocycles. The molecule has 6 heteroatoms. The molecule has 0 atom stereocenters. The van der Waals surface area contributed by atoms with Crippen LogP contribution in [0.5, 0.6) is 0 Å². The molecule has 0 amide bonds. The van der Waals surface area contributed by atoms with Gasteiger partial charge in [-0.25, -0.2) is 4.68 Å². The van der Waals surface area contributed by atoms with Crippen LogP contribution in [-0.2, 0) is 13.2 Å². The Morgan fingerprint density at radius 1 is 0.931 bits per heavy atom. The lowest BCUT2D eigenvalue weighted by atomic mass is 10.2. The number of aromatic nitrogens is 4. The summed E-state index contributed by atoms with van der Waals surface area (Å²) in [6.07, 6.45) is 5.38. The van der Waals surface area contributed by atoms with Gasteiger partial charge in [0.1, 0.15) is 6.67 Å². The molecule has 5 nitrogen and oxygen atoms in total. The van der Waals surface area contributed by atoms with Crippen molar-refractivity contribution in [2.75, 3.05) is 4.90 Å². The SMILES string of the molecule is C=CCn1c(-c2cccnc2)nn(CN(c2ccccc2)c2ccccc2)c1=S. The molecule has 2 aromatic carbocycles. The molecule has 0 radical (unpaired) electrons. The van der Waals surface area contributed by atoms with Crippen LogP contribution in [0.4, 0.5) is 11.4 Å². The molecule has 0 spiro atoms. The second kappa shape index (κ2) is 8.67. The van der Waals surface area contributed by atoms with E-state index >= 15 is 0 Å². The maximum atomic E-state index is 5.77. The van der Waals surface area contributed by atoms with Crippen LogP contribution in [0.1, 0.15) is 0 Å². The number of nitrogens with zero attached hydrogens (tertiary/aromatic N) is 5. The van der Waals surface area contributed by atoms with Crippen molar-refractivity contribution >= 4 is 23.6 Å². The van der Waals surface area contributed by atoms with Crippen LogP contribution in [0, 0.1) is 4.77 Å². The summed E-state index contributed by atoms with van der Waals surface area (Å²) in [6, 6.07) is 24.4. The second-order valence-corrected chi connectivity index (χ2v) is 6.85. The van der Waals surface area contributed by atoms with Gasteiger partial charge in [-0.05, 0) is 48.6 Å². The van der Waals surface area contributed by atoms with Crippen molar-refractivity contribution in [1.82, 2.24) is 19.3 Å². The fourth-order valence-electron chi connectivity index (χ4n) is 3.20. The minimum atomic E-state index is 0.490. The van der Waals surface area contributed by atoms with Gasteiger partial charge in [-0.2, -0.15) is 0 Å². The van der Waals surface area contributed by atoms with Crippen molar-refractivity contribution in [3.63, 3.8) is 0 Å². The zero-order valence-corrected chi connectivity index (χ0v) is 16.7. The Bertz CT molecular complexity index is 1090. The standard InChI is InChI=1S/C23H21N5S/c1-2-16-26-22(19-10-9-15-24-17-19)25-28(23(26)29)18-27(20-11-5-3-6-12-20)21-13-7-4-8-14-21/h2-15,17H,1,16,18H2. The van der Waals surface area contributed by atoms with E-state index in [1.54, 1.807) is 12.4 Å². The summed E-state index contributed by atoms with van der Waals surface area (Å²) >= 11 is 5.77. The van der Waals surface area contributed by atoms with E-state index in [1.807, 2.05) is 63.9 Å². The highest BCUT2D eigenvalue weighted by Crippen LogP contribution is 2.26. The lowest BCUT2D eigenvalue weighted by Crippen LogP contribution is -2.22. The predicted molar refractivity (Wildman–Crippen MR) is 120 cm³/mol. The van der Waals surface area contributed by atoms with Crippen LogP contribution >= 0.6 is 12.2 Å². The van der Waals surface area contributed by atoms with Gasteiger partial charge in [-0.1, -0.05) is 42.5 Å². The van der Waals surface area contributed by atoms with Crippen molar-refractivity contribution in [3.8, 4) is 11.4 Å². The lowest BCUT2D eigenvalue weighted by Gasteiger charge is -2.24. The van der Waals surface area contributed by atoms with Gasteiger partial charge >= 0.3 is 0 Å². The van der Waals surface area contributed by atoms with Crippen LogP contribution in [0.3, 0.4) is 0 Å². The lowest BCUT2D eigenvalue weighted by molar-refractivity contribution is 0.606. The molecule has 0 unspecified atom stereocenters. The first-order chi connectivity index (χ1) is 14.3. The topological polar surface area (TPSA) is 38.9 Å². The highest BCUT2D eigenvalue weighted by Gasteiger charge is 2.16. The van der Waals surface area contributed by atoms with E-state index in [9.17, 15) is 0 Å². The maximum Gasteiger partial charge on any atom is 0.200 e. The molecule has 0 saturated carbocycles. The van der Waals surface area contributed by atoms with Gasteiger partial charge in [-0.3, -0.25) is 9.55 Å². The van der Waals surface area contributed by atoms with Crippen molar-refractivity contribution < 1.29 is 0 Å². The van der Waals surface area contributed by atoms with Crippen molar-refractivity contribution in [3.05, 3.63) is 103 Å². The summed E-state index contributed by atoms with van der Waals surface area (Å²) in [7, 11) is 0. The first-order valence-corrected chi connectivity index (χ1v) is 9.75. The quantitative estimate of drug-likeness (QED) is 0.306. The first kappa shape index (κ1) is 18.8. The highest BCUT2D eigenvalue weighted by molar-refractivity contribution is 7.71. The Hall–Kier alpha value is -3.51. The van der Waals surface area contributed by atoms with Gasteiger partial charge in [-0.15, -0.1) is 11.7 Å². The van der Waals surface area contributed by atoms with Gasteiger partial charge in [0.2, 0.25) is 0 Å². The van der Waals surface area contributed by atoms with E-state index < -0.39 is 0 Å². The highest BCUT2D eigenvalue weighted by atomic mass is 32.1. The molecule has 0 saturated heterocycles. The molecule has 29 heavy (non-hydrogen) atoms. The molecular weight excluding hydrogens is 378 g/mol. The van der Waals surface area contributed by atoms with Gasteiger partial charge in [0.25, 0.3) is 0 Å². The molecule has 0 fully saturated rings. The van der Waals surface area contributed by atoms with E-state index in [1.165, 1.54) is 0 Å². The van der Waals surface area contributed by atoms with Crippen LogP contribution in [-0.4, -0.2) is 19.3 Å². The van der Waals surface area contributed by atoms with Gasteiger partial charge in [0.15, 0.2) is 10.6 Å². The van der Waals surface area contributed by atoms with E-state index in [2.05, 4.69) is 40.7 Å². The Morgan fingerprint density at radius 2 is 1.59 bits per heavy atom. The van der Waals surface area contributed by atoms with Gasteiger partial charge in [0, 0.05) is 35.9 Å². The maximum absolute atomic E-state index is 5.77. The average Bonchev–Trinajstić information content (AvgIpc) is 3.09. The zero-order valence-electron chi connectivity index (χ0n) is 15.9. The van der Waals surface area contributed by atoms with Crippen molar-refractivity contribution in [2.24, 2.45) is 0 Å². The van der Waals surface area contributed by atoms with E-state index in [4.69, 9.17) is 17.3 Å². The predicted octanol–water partition coefficient (Wildman–Crippen LogP) is 5.46. The third-order valence-electron chi connectivity index (χ3n) is 4.57. The number of anilines is 2. The summed E-state index contributed by atoms with van der Waals surface area (Å²) in [5.41, 5.74) is 3.06. The number of hydrogen-bond acceptors (Lipinski definition) is 4. The number of allylic oxidation sites excluding steroid dienone is 1. The third kappa shape index (κ3) is 4.02. The molecular formula is C23H21N5S. The Labute approximate surface area is 175 Å². The summed E-state index contributed by atoms with van der Waals surface area (Å²) in [6.45, 7) is 4.94. The number of hydrogen-bond donors (Lipinski definition) is 0. The van der Waals surface area contributed by atoms with Crippen LogP contribution in [0.15, 0.2) is 97.8 Å². The second-order valence-electron chi connectivity index (χ2n) is 6.49. The monoisotopic (exact) mass is 399 g/mol. The summed E-state index contributed by atoms with van der Waals surface area (Å²) in [5.74, 6) is 0.782. The normalized spacial score (nSPS) is 10.6. The molecule has 2 aromatic heterocycles. The Balaban J connectivity index is 1.79. The fourth-order valence-corrected chi connectivity index (χ4v) is 3.46. The third-order valence-corrected chi connectivity index (χ3v) is 5.00. The molecule has 0 bridgehead atoms. The fraction of sp³-hybridized carbons (Fsp3) is 0.0870. The number of pyridine rings is 1. The average molecular weight is 400 g/mol. The van der Waals surface area contributed by atoms with Crippen molar-refractivity contribution in [1.29, 1.82) is 0 Å². The summed E-state index contributed by atoms with van der Waals surface area (Å²) in [5, 5.41) is 4.84.